The first-order valence-corrected chi connectivity index (χ1v) is 6.17. The Morgan fingerprint density at radius 3 is 2.94 bits per heavy atom. The number of ether oxygens (including phenoxy) is 1. The van der Waals surface area contributed by atoms with Gasteiger partial charge >= 0.3 is 0 Å². The molecule has 1 fully saturated rings. The maximum absolute atomic E-state index is 13.1. The number of rotatable bonds is 1. The van der Waals surface area contributed by atoms with Crippen molar-refractivity contribution >= 4 is 11.0 Å². The van der Waals surface area contributed by atoms with Crippen LogP contribution in [0.1, 0.15) is 25.0 Å². The fourth-order valence-electron chi connectivity index (χ4n) is 2.42. The standard InChI is InChI=1S/C14H15FO3/c15-11-2-3-12-10(8-11)9-13(18-12)14(16)4-1-6-17-7-5-14/h2-3,8-9,16H,1,4-7H2. The van der Waals surface area contributed by atoms with Crippen molar-refractivity contribution in [3.8, 4) is 0 Å². The van der Waals surface area contributed by atoms with Crippen molar-refractivity contribution in [3.63, 3.8) is 0 Å². The molecule has 4 heteroatoms. The van der Waals surface area contributed by atoms with E-state index in [0.29, 0.717) is 42.8 Å². The van der Waals surface area contributed by atoms with Gasteiger partial charge in [-0.2, -0.15) is 0 Å². The molecule has 3 rings (SSSR count). The first-order valence-electron chi connectivity index (χ1n) is 6.17. The number of hydrogen-bond acceptors (Lipinski definition) is 3. The topological polar surface area (TPSA) is 42.6 Å². The van der Waals surface area contributed by atoms with Gasteiger partial charge in [-0.1, -0.05) is 0 Å². The molecular weight excluding hydrogens is 235 g/mol. The minimum atomic E-state index is -0.994. The second-order valence-electron chi connectivity index (χ2n) is 4.79. The molecule has 0 saturated carbocycles. The van der Waals surface area contributed by atoms with Crippen molar-refractivity contribution in [2.24, 2.45) is 0 Å². The molecule has 3 nitrogen and oxygen atoms in total. The van der Waals surface area contributed by atoms with Crippen molar-refractivity contribution in [2.45, 2.75) is 24.9 Å². The van der Waals surface area contributed by atoms with Gasteiger partial charge in [0.15, 0.2) is 0 Å². The highest BCUT2D eigenvalue weighted by Gasteiger charge is 2.33. The smallest absolute Gasteiger partial charge is 0.136 e. The van der Waals surface area contributed by atoms with Crippen molar-refractivity contribution in [2.75, 3.05) is 13.2 Å². The largest absolute Gasteiger partial charge is 0.458 e. The molecule has 1 unspecified atom stereocenters. The number of hydrogen-bond donors (Lipinski definition) is 1. The van der Waals surface area contributed by atoms with Crippen LogP contribution in [0.4, 0.5) is 4.39 Å². The summed E-state index contributed by atoms with van der Waals surface area (Å²) in [7, 11) is 0. The molecule has 0 amide bonds. The van der Waals surface area contributed by atoms with Crippen LogP contribution in [0.5, 0.6) is 0 Å². The molecule has 1 saturated heterocycles. The number of furan rings is 1. The van der Waals surface area contributed by atoms with Crippen LogP contribution < -0.4 is 0 Å². The van der Waals surface area contributed by atoms with Gasteiger partial charge in [0.2, 0.25) is 0 Å². The highest BCUT2D eigenvalue weighted by Crippen LogP contribution is 2.35. The Hall–Kier alpha value is -1.39. The minimum Gasteiger partial charge on any atom is -0.458 e. The van der Waals surface area contributed by atoms with Crippen molar-refractivity contribution in [1.29, 1.82) is 0 Å². The van der Waals surface area contributed by atoms with E-state index in [1.165, 1.54) is 12.1 Å². The summed E-state index contributed by atoms with van der Waals surface area (Å²) in [5.74, 6) is 0.208. The van der Waals surface area contributed by atoms with E-state index in [0.717, 1.165) is 6.42 Å². The number of fused-ring (bicyclic) bond motifs is 1. The van der Waals surface area contributed by atoms with Gasteiger partial charge in [0.1, 0.15) is 22.8 Å². The molecule has 0 radical (unpaired) electrons. The summed E-state index contributed by atoms with van der Waals surface area (Å²) in [5, 5.41) is 11.3. The van der Waals surface area contributed by atoms with Gasteiger partial charge in [-0.05, 0) is 37.1 Å². The van der Waals surface area contributed by atoms with Crippen LogP contribution in [0.25, 0.3) is 11.0 Å². The monoisotopic (exact) mass is 250 g/mol. The summed E-state index contributed by atoms with van der Waals surface area (Å²) in [5.41, 5.74) is -0.392. The summed E-state index contributed by atoms with van der Waals surface area (Å²) in [4.78, 5) is 0. The zero-order valence-corrected chi connectivity index (χ0v) is 9.99. The maximum atomic E-state index is 13.1. The van der Waals surface area contributed by atoms with Gasteiger partial charge in [-0.3, -0.25) is 0 Å². The molecule has 0 aliphatic carbocycles. The van der Waals surface area contributed by atoms with Crippen molar-refractivity contribution < 1.29 is 18.7 Å². The highest BCUT2D eigenvalue weighted by atomic mass is 19.1. The summed E-state index contributed by atoms with van der Waals surface area (Å²) < 4.78 is 24.1. The summed E-state index contributed by atoms with van der Waals surface area (Å²) in [6.07, 6.45) is 1.91. The van der Waals surface area contributed by atoms with Crippen LogP contribution in [0.3, 0.4) is 0 Å². The van der Waals surface area contributed by atoms with E-state index in [2.05, 4.69) is 0 Å². The second-order valence-corrected chi connectivity index (χ2v) is 4.79. The Kier molecular flexibility index (Phi) is 2.84. The summed E-state index contributed by atoms with van der Waals surface area (Å²) in [6, 6.07) is 6.09. The molecule has 1 atom stereocenters. The van der Waals surface area contributed by atoms with E-state index in [4.69, 9.17) is 9.15 Å². The quantitative estimate of drug-likeness (QED) is 0.846. The average Bonchev–Trinajstić information content (AvgIpc) is 2.65. The Labute approximate surface area is 104 Å². The highest BCUT2D eigenvalue weighted by molar-refractivity contribution is 5.78. The molecule has 1 aromatic carbocycles. The Balaban J connectivity index is 2.02. The fraction of sp³-hybridized carbons (Fsp3) is 0.429. The molecule has 1 aromatic heterocycles. The molecule has 1 aliphatic heterocycles. The molecule has 96 valence electrons. The Morgan fingerprint density at radius 2 is 2.06 bits per heavy atom. The molecule has 2 heterocycles. The third kappa shape index (κ3) is 2.02. The van der Waals surface area contributed by atoms with E-state index in [-0.39, 0.29) is 5.82 Å². The predicted molar refractivity (Wildman–Crippen MR) is 64.7 cm³/mol. The van der Waals surface area contributed by atoms with Crippen LogP contribution in [0.15, 0.2) is 28.7 Å². The molecule has 0 spiro atoms. The third-order valence-corrected chi connectivity index (χ3v) is 3.48. The van der Waals surface area contributed by atoms with Crippen molar-refractivity contribution in [3.05, 3.63) is 35.8 Å². The molecule has 0 bridgehead atoms. The zero-order chi connectivity index (χ0) is 12.6. The lowest BCUT2D eigenvalue weighted by atomic mass is 9.92. The Morgan fingerprint density at radius 1 is 1.17 bits per heavy atom. The Bertz CT molecular complexity index is 553. The third-order valence-electron chi connectivity index (χ3n) is 3.48. The van der Waals surface area contributed by atoms with Crippen LogP contribution in [0.2, 0.25) is 0 Å². The van der Waals surface area contributed by atoms with E-state index in [9.17, 15) is 9.50 Å². The lowest BCUT2D eigenvalue weighted by Gasteiger charge is -2.22. The normalized spacial score (nSPS) is 25.2. The average molecular weight is 250 g/mol. The lowest BCUT2D eigenvalue weighted by Crippen LogP contribution is -2.25. The number of aliphatic hydroxyl groups is 1. The maximum Gasteiger partial charge on any atom is 0.136 e. The lowest BCUT2D eigenvalue weighted by molar-refractivity contribution is -0.00381. The SMILES string of the molecule is OC1(c2cc3cc(F)ccc3o2)CCCOCC1. The van der Waals surface area contributed by atoms with Gasteiger partial charge in [0.25, 0.3) is 0 Å². The second kappa shape index (κ2) is 4.37. The predicted octanol–water partition coefficient (Wildman–Crippen LogP) is 2.96. The van der Waals surface area contributed by atoms with Gasteiger partial charge < -0.3 is 14.3 Å². The minimum absolute atomic E-state index is 0.300. The van der Waals surface area contributed by atoms with Gasteiger partial charge in [0.05, 0.1) is 0 Å². The van der Waals surface area contributed by atoms with Gasteiger partial charge in [-0.15, -0.1) is 0 Å². The molecule has 1 aliphatic rings. The van der Waals surface area contributed by atoms with Crippen molar-refractivity contribution in [1.82, 2.24) is 0 Å². The first kappa shape index (κ1) is 11.7. The zero-order valence-electron chi connectivity index (χ0n) is 9.99. The van der Waals surface area contributed by atoms with Gasteiger partial charge in [0, 0.05) is 25.0 Å². The molecule has 2 aromatic rings. The number of benzene rings is 1. The van der Waals surface area contributed by atoms with Crippen LogP contribution >= 0.6 is 0 Å². The molecule has 18 heavy (non-hydrogen) atoms. The van der Waals surface area contributed by atoms with E-state index < -0.39 is 5.60 Å². The number of halogens is 1. The first-order chi connectivity index (χ1) is 8.67. The molecule has 1 N–H and O–H groups in total. The molecular formula is C14H15FO3. The van der Waals surface area contributed by atoms with Gasteiger partial charge in [-0.25, -0.2) is 4.39 Å². The summed E-state index contributed by atoms with van der Waals surface area (Å²) in [6.45, 7) is 1.18. The van der Waals surface area contributed by atoms with Crippen LogP contribution in [0, 0.1) is 5.82 Å². The summed E-state index contributed by atoms with van der Waals surface area (Å²) >= 11 is 0. The van der Waals surface area contributed by atoms with Crippen LogP contribution in [-0.4, -0.2) is 18.3 Å². The van der Waals surface area contributed by atoms with E-state index >= 15 is 0 Å². The van der Waals surface area contributed by atoms with Crippen LogP contribution in [-0.2, 0) is 10.3 Å². The van der Waals surface area contributed by atoms with E-state index in [1.807, 2.05) is 0 Å². The fourth-order valence-corrected chi connectivity index (χ4v) is 2.42. The van der Waals surface area contributed by atoms with E-state index in [1.54, 1.807) is 12.1 Å².